The van der Waals surface area contributed by atoms with Gasteiger partial charge in [-0.3, -0.25) is 13.9 Å². The van der Waals surface area contributed by atoms with Crippen LogP contribution in [0.15, 0.2) is 30.3 Å². The van der Waals surface area contributed by atoms with E-state index in [2.05, 4.69) is 10.6 Å². The third-order valence-electron chi connectivity index (χ3n) is 5.91. The Labute approximate surface area is 215 Å². The highest BCUT2D eigenvalue weighted by atomic mass is 32.2. The Morgan fingerprint density at radius 2 is 1.67 bits per heavy atom. The quantitative estimate of drug-likeness (QED) is 0.481. The molecule has 0 aromatic heterocycles. The van der Waals surface area contributed by atoms with Crippen LogP contribution in [-0.2, 0) is 20.2 Å². The van der Waals surface area contributed by atoms with Crippen LogP contribution >= 0.6 is 0 Å². The van der Waals surface area contributed by atoms with Crippen LogP contribution in [0.25, 0.3) is 0 Å². The normalized spacial score (nSPS) is 11.7. The summed E-state index contributed by atoms with van der Waals surface area (Å²) in [6, 6.07) is 8.57. The first-order valence-corrected chi connectivity index (χ1v) is 13.7. The molecule has 0 spiro atoms. The number of sulfonamides is 1. The van der Waals surface area contributed by atoms with E-state index in [0.29, 0.717) is 35.5 Å². The topological polar surface area (TPSA) is 105 Å². The van der Waals surface area contributed by atoms with Crippen molar-refractivity contribution in [3.63, 3.8) is 0 Å². The van der Waals surface area contributed by atoms with Crippen LogP contribution in [0, 0.1) is 13.8 Å². The highest BCUT2D eigenvalue weighted by Crippen LogP contribution is 2.32. The Balaban J connectivity index is 2.50. The minimum Gasteiger partial charge on any atom is -0.496 e. The Hall–Kier alpha value is -3.07. The van der Waals surface area contributed by atoms with E-state index < -0.39 is 22.5 Å². The van der Waals surface area contributed by atoms with Crippen LogP contribution in [0.2, 0.25) is 0 Å². The zero-order valence-corrected chi connectivity index (χ0v) is 23.4. The second-order valence-corrected chi connectivity index (χ2v) is 11.9. The lowest BCUT2D eigenvalue weighted by molar-refractivity contribution is -0.114. The van der Waals surface area contributed by atoms with E-state index in [-0.39, 0.29) is 17.1 Å². The molecule has 2 aromatic rings. The Bertz CT molecular complexity index is 1190. The number of methoxy groups -OCH3 is 1. The maximum Gasteiger partial charge on any atom is 0.251 e. The zero-order chi connectivity index (χ0) is 27.3. The standard InChI is InChI=1S/C27H39N3O5S/c1-9-10-13-36(33,34)30(21-14-18(2)25(35-8)19(3)15-21)17-24(31)29-23-16-20(26(32)28-7)11-12-22(23)27(4,5)6/h11-12,14-16H,9-10,13,17H2,1-8H3,(H,28,32)(H,29,31). The fraction of sp³-hybridized carbons (Fsp3) is 0.481. The van der Waals surface area contributed by atoms with Crippen molar-refractivity contribution in [2.45, 2.75) is 59.8 Å². The maximum atomic E-state index is 13.3. The highest BCUT2D eigenvalue weighted by molar-refractivity contribution is 7.92. The van der Waals surface area contributed by atoms with E-state index in [1.54, 1.807) is 31.4 Å². The van der Waals surface area contributed by atoms with E-state index in [1.165, 1.54) is 7.05 Å². The number of ether oxygens (including phenoxy) is 1. The van der Waals surface area contributed by atoms with Crippen LogP contribution in [0.1, 0.15) is 67.6 Å². The summed E-state index contributed by atoms with van der Waals surface area (Å²) < 4.78 is 33.2. The predicted molar refractivity (Wildman–Crippen MR) is 146 cm³/mol. The Morgan fingerprint density at radius 3 is 2.17 bits per heavy atom. The molecule has 2 rings (SSSR count). The molecule has 0 aliphatic rings. The van der Waals surface area contributed by atoms with E-state index in [9.17, 15) is 18.0 Å². The summed E-state index contributed by atoms with van der Waals surface area (Å²) in [7, 11) is -0.669. The van der Waals surface area contributed by atoms with Crippen LogP contribution in [0.3, 0.4) is 0 Å². The molecule has 0 heterocycles. The van der Waals surface area contributed by atoms with Gasteiger partial charge in [-0.1, -0.05) is 40.2 Å². The van der Waals surface area contributed by atoms with Gasteiger partial charge >= 0.3 is 0 Å². The van der Waals surface area contributed by atoms with Crippen molar-refractivity contribution in [1.29, 1.82) is 0 Å². The highest BCUT2D eigenvalue weighted by Gasteiger charge is 2.27. The van der Waals surface area contributed by atoms with Gasteiger partial charge in [0.25, 0.3) is 5.91 Å². The number of carbonyl (C=O) groups excluding carboxylic acids is 2. The molecule has 0 saturated carbocycles. The van der Waals surface area contributed by atoms with Crippen molar-refractivity contribution in [3.8, 4) is 5.75 Å². The van der Waals surface area contributed by atoms with Crippen LogP contribution < -0.4 is 19.7 Å². The second-order valence-electron chi connectivity index (χ2n) is 9.93. The number of aryl methyl sites for hydroxylation is 2. The van der Waals surface area contributed by atoms with Gasteiger partial charge in [-0.25, -0.2) is 8.42 Å². The molecule has 0 fully saturated rings. The molecule has 2 N–H and O–H groups in total. The predicted octanol–water partition coefficient (Wildman–Crippen LogP) is 4.54. The lowest BCUT2D eigenvalue weighted by atomic mass is 9.85. The van der Waals surface area contributed by atoms with E-state index in [1.807, 2.05) is 47.6 Å². The summed E-state index contributed by atoms with van der Waals surface area (Å²) in [6.45, 7) is 11.2. The lowest BCUT2D eigenvalue weighted by Crippen LogP contribution is -2.40. The number of nitrogens with one attached hydrogen (secondary N) is 2. The van der Waals surface area contributed by atoms with Gasteiger partial charge in [0.05, 0.1) is 18.6 Å². The lowest BCUT2D eigenvalue weighted by Gasteiger charge is -2.27. The first-order valence-electron chi connectivity index (χ1n) is 12.1. The molecule has 0 atom stereocenters. The van der Waals surface area contributed by atoms with Crippen molar-refractivity contribution in [3.05, 3.63) is 52.6 Å². The van der Waals surface area contributed by atoms with Gasteiger partial charge in [-0.15, -0.1) is 0 Å². The molecule has 0 aliphatic carbocycles. The van der Waals surface area contributed by atoms with Crippen LogP contribution in [0.5, 0.6) is 5.75 Å². The maximum absolute atomic E-state index is 13.3. The Morgan fingerprint density at radius 1 is 1.06 bits per heavy atom. The summed E-state index contributed by atoms with van der Waals surface area (Å²) in [5.74, 6) is -0.171. The summed E-state index contributed by atoms with van der Waals surface area (Å²) in [5.41, 5.74) is 3.35. The van der Waals surface area contributed by atoms with Gasteiger partial charge in [0.15, 0.2) is 0 Å². The number of unbranched alkanes of at least 4 members (excludes halogenated alkanes) is 1. The number of anilines is 2. The first kappa shape index (κ1) is 29.2. The van der Waals surface area contributed by atoms with E-state index >= 15 is 0 Å². The molecule has 36 heavy (non-hydrogen) atoms. The average molecular weight is 518 g/mol. The molecule has 0 aliphatic heterocycles. The average Bonchev–Trinajstić information content (AvgIpc) is 2.79. The molecule has 2 aromatic carbocycles. The Kier molecular flexibility index (Phi) is 9.54. The van der Waals surface area contributed by atoms with Crippen LogP contribution in [0.4, 0.5) is 11.4 Å². The second kappa shape index (κ2) is 11.8. The fourth-order valence-corrected chi connectivity index (χ4v) is 5.70. The number of benzene rings is 2. The molecule has 198 valence electrons. The molecule has 0 bridgehead atoms. The number of hydrogen-bond acceptors (Lipinski definition) is 5. The van der Waals surface area contributed by atoms with Gasteiger partial charge in [-0.2, -0.15) is 0 Å². The zero-order valence-electron chi connectivity index (χ0n) is 22.6. The van der Waals surface area contributed by atoms with Crippen molar-refractivity contribution < 1.29 is 22.7 Å². The monoisotopic (exact) mass is 517 g/mol. The number of amides is 2. The van der Waals surface area contributed by atoms with Crippen LogP contribution in [-0.4, -0.2) is 46.7 Å². The summed E-state index contributed by atoms with van der Waals surface area (Å²) >= 11 is 0. The minimum absolute atomic E-state index is 0.0691. The molecule has 0 unspecified atom stereocenters. The molecule has 0 saturated heterocycles. The summed E-state index contributed by atoms with van der Waals surface area (Å²) in [6.07, 6.45) is 1.19. The number of rotatable bonds is 10. The first-order chi connectivity index (χ1) is 16.7. The fourth-order valence-electron chi connectivity index (χ4n) is 4.09. The molecule has 0 radical (unpaired) electrons. The number of carbonyl (C=O) groups is 2. The van der Waals surface area contributed by atoms with E-state index in [0.717, 1.165) is 21.0 Å². The third-order valence-corrected chi connectivity index (χ3v) is 7.72. The summed E-state index contributed by atoms with van der Waals surface area (Å²) in [5, 5.41) is 5.45. The summed E-state index contributed by atoms with van der Waals surface area (Å²) in [4.78, 5) is 25.5. The van der Waals surface area contributed by atoms with Crippen molar-refractivity contribution in [2.75, 3.05) is 36.1 Å². The number of hydrogen-bond donors (Lipinski definition) is 2. The molecular formula is C27H39N3O5S. The van der Waals surface area contributed by atoms with Gasteiger partial charge in [0, 0.05) is 18.3 Å². The van der Waals surface area contributed by atoms with Crippen molar-refractivity contribution in [1.82, 2.24) is 5.32 Å². The van der Waals surface area contributed by atoms with Gasteiger partial charge in [0.2, 0.25) is 15.9 Å². The molecule has 2 amide bonds. The third kappa shape index (κ3) is 7.00. The molecule has 8 nitrogen and oxygen atoms in total. The van der Waals surface area contributed by atoms with Gasteiger partial charge in [-0.05, 0) is 66.6 Å². The molecular weight excluding hydrogens is 478 g/mol. The SMILES string of the molecule is CCCCS(=O)(=O)N(CC(=O)Nc1cc(C(=O)NC)ccc1C(C)(C)C)c1cc(C)c(OC)c(C)c1. The van der Waals surface area contributed by atoms with Crippen molar-refractivity contribution >= 4 is 33.2 Å². The number of nitrogens with zero attached hydrogens (tertiary/aromatic N) is 1. The van der Waals surface area contributed by atoms with Crippen molar-refractivity contribution in [2.24, 2.45) is 0 Å². The molecule has 9 heteroatoms. The van der Waals surface area contributed by atoms with Gasteiger partial charge < -0.3 is 15.4 Å². The minimum atomic E-state index is -3.77. The van der Waals surface area contributed by atoms with E-state index in [4.69, 9.17) is 4.74 Å². The largest absolute Gasteiger partial charge is 0.496 e. The van der Waals surface area contributed by atoms with Gasteiger partial charge in [0.1, 0.15) is 12.3 Å². The smallest absolute Gasteiger partial charge is 0.251 e.